The van der Waals surface area contributed by atoms with E-state index in [0.29, 0.717) is 15.9 Å². The number of hydrogen-bond acceptors (Lipinski definition) is 6. The Morgan fingerprint density at radius 3 is 2.60 bits per heavy atom. The Kier molecular flexibility index (Phi) is 3.36. The first-order chi connectivity index (χ1) is 11.8. The maximum atomic E-state index is 13.2. The van der Waals surface area contributed by atoms with Crippen LogP contribution in [0.15, 0.2) is 29.1 Å². The largest absolute Gasteiger partial charge is 0.586 e. The van der Waals surface area contributed by atoms with Crippen LogP contribution in [0.5, 0.6) is 17.2 Å². The van der Waals surface area contributed by atoms with Crippen LogP contribution in [0.4, 0.5) is 14.6 Å². The third-order valence-electron chi connectivity index (χ3n) is 3.98. The van der Waals surface area contributed by atoms with Crippen LogP contribution in [0.25, 0.3) is 0 Å². The van der Waals surface area contributed by atoms with E-state index in [9.17, 15) is 13.6 Å². The summed E-state index contributed by atoms with van der Waals surface area (Å²) in [6, 6.07) is 2.63. The molecular formula is C15H10BrF2N3O4. The van der Waals surface area contributed by atoms with Crippen LogP contribution in [0.1, 0.15) is 12.5 Å². The molecule has 0 saturated heterocycles. The fraction of sp³-hybridized carbons (Fsp3) is 0.267. The van der Waals surface area contributed by atoms with Crippen molar-refractivity contribution in [3.8, 4) is 17.2 Å². The number of rotatable bonds is 2. The molecule has 1 amide bonds. The van der Waals surface area contributed by atoms with Crippen molar-refractivity contribution in [2.24, 2.45) is 0 Å². The Morgan fingerprint density at radius 2 is 1.92 bits per heavy atom. The summed E-state index contributed by atoms with van der Waals surface area (Å²) in [5.41, 5.74) is -0.685. The second-order valence-corrected chi connectivity index (χ2v) is 6.57. The molecule has 0 fully saturated rings. The molecule has 4 rings (SSSR count). The second-order valence-electron chi connectivity index (χ2n) is 5.76. The molecule has 25 heavy (non-hydrogen) atoms. The molecule has 7 nitrogen and oxygen atoms in total. The molecule has 10 heteroatoms. The summed E-state index contributed by atoms with van der Waals surface area (Å²) >= 11 is 3.15. The monoisotopic (exact) mass is 413 g/mol. The smallest absolute Gasteiger partial charge is 0.492 e. The van der Waals surface area contributed by atoms with Crippen molar-refractivity contribution < 1.29 is 27.8 Å². The van der Waals surface area contributed by atoms with Crippen LogP contribution in [0, 0.1) is 0 Å². The molecule has 0 aliphatic carbocycles. The topological polar surface area (TPSA) is 82.6 Å². The number of nitrogens with zero attached hydrogens (tertiary/aromatic N) is 2. The van der Waals surface area contributed by atoms with Crippen molar-refractivity contribution in [2.75, 3.05) is 11.9 Å². The van der Waals surface area contributed by atoms with Gasteiger partial charge in [-0.1, -0.05) is 0 Å². The van der Waals surface area contributed by atoms with E-state index in [4.69, 9.17) is 4.74 Å². The summed E-state index contributed by atoms with van der Waals surface area (Å²) in [7, 11) is 0. The summed E-state index contributed by atoms with van der Waals surface area (Å²) in [4.78, 5) is 20.7. The molecular weight excluding hydrogens is 404 g/mol. The predicted molar refractivity (Wildman–Crippen MR) is 83.9 cm³/mol. The molecule has 2 aliphatic rings. The summed E-state index contributed by atoms with van der Waals surface area (Å²) < 4.78 is 41.3. The molecule has 3 heterocycles. The number of amides is 1. The zero-order chi connectivity index (χ0) is 17.8. The summed E-state index contributed by atoms with van der Waals surface area (Å²) in [5.74, 6) is -0.132. The van der Waals surface area contributed by atoms with Gasteiger partial charge in [0.25, 0.3) is 0 Å². The van der Waals surface area contributed by atoms with Gasteiger partial charge in [-0.05, 0) is 28.9 Å². The number of carbonyl (C=O) groups excluding carboxylic acids is 1. The summed E-state index contributed by atoms with van der Waals surface area (Å²) in [5, 5.41) is 2.64. The maximum Gasteiger partial charge on any atom is 0.586 e. The Balaban J connectivity index is 1.64. The van der Waals surface area contributed by atoms with Crippen LogP contribution in [-0.2, 0) is 10.2 Å². The molecule has 1 aromatic heterocycles. The minimum atomic E-state index is -3.73. The normalized spacial score (nSPS) is 22.2. The molecule has 0 bridgehead atoms. The first-order valence-electron chi connectivity index (χ1n) is 7.13. The first kappa shape index (κ1) is 16.0. The molecule has 130 valence electrons. The maximum absolute atomic E-state index is 13.2. The summed E-state index contributed by atoms with van der Waals surface area (Å²) in [6.07, 6.45) is -0.900. The molecule has 2 aromatic rings. The number of hydrogen-bond donors (Lipinski definition) is 1. The number of fused-ring (bicyclic) bond motifs is 2. The molecule has 2 aliphatic heterocycles. The molecule has 1 N–H and O–H groups in total. The number of anilines is 1. The zero-order valence-corrected chi connectivity index (χ0v) is 14.3. The van der Waals surface area contributed by atoms with Crippen LogP contribution >= 0.6 is 15.9 Å². The van der Waals surface area contributed by atoms with Crippen LogP contribution < -0.4 is 19.5 Å². The molecule has 0 saturated carbocycles. The van der Waals surface area contributed by atoms with Gasteiger partial charge in [-0.3, -0.25) is 4.79 Å². The lowest BCUT2D eigenvalue weighted by atomic mass is 9.83. The number of aromatic nitrogens is 2. The van der Waals surface area contributed by atoms with Gasteiger partial charge < -0.3 is 19.5 Å². The van der Waals surface area contributed by atoms with Crippen molar-refractivity contribution in [3.05, 3.63) is 34.7 Å². The molecule has 1 unspecified atom stereocenters. The van der Waals surface area contributed by atoms with Crippen molar-refractivity contribution in [1.29, 1.82) is 0 Å². The lowest BCUT2D eigenvalue weighted by Crippen LogP contribution is -2.39. The third-order valence-corrected chi connectivity index (χ3v) is 4.39. The third kappa shape index (κ3) is 2.66. The molecule has 0 spiro atoms. The highest BCUT2D eigenvalue weighted by Crippen LogP contribution is 2.49. The Hall–Kier alpha value is -2.49. The minimum absolute atomic E-state index is 0.0391. The van der Waals surface area contributed by atoms with Crippen LogP contribution in [0.2, 0.25) is 0 Å². The van der Waals surface area contributed by atoms with Gasteiger partial charge in [-0.2, -0.15) is 0 Å². The van der Waals surface area contributed by atoms with Crippen molar-refractivity contribution in [1.82, 2.24) is 9.97 Å². The van der Waals surface area contributed by atoms with Crippen molar-refractivity contribution >= 4 is 27.7 Å². The first-order valence-corrected chi connectivity index (χ1v) is 7.92. The van der Waals surface area contributed by atoms with E-state index in [-0.39, 0.29) is 23.9 Å². The van der Waals surface area contributed by atoms with E-state index < -0.39 is 17.6 Å². The lowest BCUT2D eigenvalue weighted by Gasteiger charge is -2.21. The van der Waals surface area contributed by atoms with Gasteiger partial charge in [-0.25, -0.2) is 9.97 Å². The van der Waals surface area contributed by atoms with E-state index in [0.717, 1.165) is 0 Å². The number of halogens is 3. The fourth-order valence-electron chi connectivity index (χ4n) is 2.65. The van der Waals surface area contributed by atoms with E-state index in [2.05, 4.69) is 40.7 Å². The highest BCUT2D eigenvalue weighted by molar-refractivity contribution is 9.10. The molecule has 1 atom stereocenters. The van der Waals surface area contributed by atoms with Gasteiger partial charge in [0.05, 0.1) is 12.4 Å². The Morgan fingerprint density at radius 1 is 1.20 bits per heavy atom. The Labute approximate surface area is 148 Å². The zero-order valence-electron chi connectivity index (χ0n) is 12.7. The van der Waals surface area contributed by atoms with Gasteiger partial charge in [0, 0.05) is 11.6 Å². The van der Waals surface area contributed by atoms with Gasteiger partial charge in [-0.15, -0.1) is 8.78 Å². The molecule has 0 radical (unpaired) electrons. The van der Waals surface area contributed by atoms with Gasteiger partial charge >= 0.3 is 6.29 Å². The number of nitrogens with one attached hydrogen (secondary N) is 1. The van der Waals surface area contributed by atoms with Crippen molar-refractivity contribution in [3.63, 3.8) is 0 Å². The molecule has 1 aromatic carbocycles. The average molecular weight is 414 g/mol. The number of carbonyl (C=O) groups is 1. The van der Waals surface area contributed by atoms with Gasteiger partial charge in [0.2, 0.25) is 5.91 Å². The van der Waals surface area contributed by atoms with Crippen LogP contribution in [0.3, 0.4) is 0 Å². The van der Waals surface area contributed by atoms with E-state index in [1.807, 2.05) is 0 Å². The SMILES string of the molecule is CC1(C(=O)Nc2cnc(Br)cn2)COc2cc3c(cc21)OC(F)(F)O3. The highest BCUT2D eigenvalue weighted by atomic mass is 79.9. The van der Waals surface area contributed by atoms with E-state index in [1.165, 1.54) is 24.5 Å². The van der Waals surface area contributed by atoms with Gasteiger partial charge in [0.1, 0.15) is 22.4 Å². The number of alkyl halides is 2. The quantitative estimate of drug-likeness (QED) is 0.814. The minimum Gasteiger partial charge on any atom is -0.492 e. The van der Waals surface area contributed by atoms with E-state index >= 15 is 0 Å². The second kappa shape index (κ2) is 5.25. The van der Waals surface area contributed by atoms with Crippen molar-refractivity contribution in [2.45, 2.75) is 18.6 Å². The lowest BCUT2D eigenvalue weighted by molar-refractivity contribution is -0.286. The highest BCUT2D eigenvalue weighted by Gasteiger charge is 2.48. The Bertz CT molecular complexity index is 878. The van der Waals surface area contributed by atoms with Crippen LogP contribution in [-0.4, -0.2) is 28.8 Å². The predicted octanol–water partition coefficient (Wildman–Crippen LogP) is 2.85. The number of ether oxygens (including phenoxy) is 3. The standard InChI is InChI=1S/C15H10BrF2N3O4/c1-14(13(22)21-12-5-19-11(16)4-20-12)6-23-8-3-10-9(2-7(8)14)24-15(17,18)25-10/h2-5H,6H2,1H3,(H,20,21,22). The van der Waals surface area contributed by atoms with E-state index in [1.54, 1.807) is 6.92 Å². The fourth-order valence-corrected chi connectivity index (χ4v) is 2.85. The number of benzene rings is 1. The summed E-state index contributed by atoms with van der Waals surface area (Å²) in [6.45, 7) is 1.68. The average Bonchev–Trinajstić information content (AvgIpc) is 3.03. The van der Waals surface area contributed by atoms with Gasteiger partial charge in [0.15, 0.2) is 17.3 Å².